The van der Waals surface area contributed by atoms with Gasteiger partial charge in [-0.1, -0.05) is 11.6 Å². The first-order valence-corrected chi connectivity index (χ1v) is 9.97. The number of hydrogen-bond donors (Lipinski definition) is 1. The van der Waals surface area contributed by atoms with Crippen LogP contribution in [0, 0.1) is 17.6 Å². The lowest BCUT2D eigenvalue weighted by molar-refractivity contribution is 0.184. The fraction of sp³-hybridized carbons (Fsp3) is 0.333. The van der Waals surface area contributed by atoms with Crippen molar-refractivity contribution in [2.75, 3.05) is 13.2 Å². The highest BCUT2D eigenvalue weighted by atomic mass is 35.5. The van der Waals surface area contributed by atoms with Crippen LogP contribution in [0.2, 0.25) is 5.02 Å². The van der Waals surface area contributed by atoms with Gasteiger partial charge in [0.05, 0.1) is 17.5 Å². The minimum atomic E-state index is -3.99. The second-order valence-corrected chi connectivity index (χ2v) is 8.70. The Kier molecular flexibility index (Phi) is 5.62. The van der Waals surface area contributed by atoms with Gasteiger partial charge in [0, 0.05) is 17.6 Å². The van der Waals surface area contributed by atoms with Crippen LogP contribution in [-0.4, -0.2) is 31.0 Å². The summed E-state index contributed by atoms with van der Waals surface area (Å²) in [4.78, 5) is 0.0119. The zero-order valence-corrected chi connectivity index (χ0v) is 15.4. The first-order chi connectivity index (χ1) is 12.3. The minimum Gasteiger partial charge on any atom is -0.394 e. The zero-order chi connectivity index (χ0) is 18.9. The maximum absolute atomic E-state index is 13.6. The first-order valence-electron chi connectivity index (χ1n) is 8.15. The van der Waals surface area contributed by atoms with Crippen molar-refractivity contribution in [3.63, 3.8) is 0 Å². The normalized spacial score (nSPS) is 16.0. The van der Waals surface area contributed by atoms with Gasteiger partial charge in [-0.15, -0.1) is 0 Å². The SMILES string of the molecule is O=S(=O)(c1ccc(Cl)cc1)N(CC1CC1)[C@@H](CO)c1cc(F)cc(F)c1. The van der Waals surface area contributed by atoms with Crippen molar-refractivity contribution in [1.29, 1.82) is 0 Å². The molecule has 1 atom stereocenters. The molecule has 1 aliphatic rings. The molecule has 0 radical (unpaired) electrons. The summed E-state index contributed by atoms with van der Waals surface area (Å²) in [5, 5.41) is 10.2. The lowest BCUT2D eigenvalue weighted by atomic mass is 10.1. The molecule has 0 unspecified atom stereocenters. The molecular weight excluding hydrogens is 384 g/mol. The molecule has 8 heteroatoms. The van der Waals surface area contributed by atoms with Crippen molar-refractivity contribution in [3.8, 4) is 0 Å². The van der Waals surface area contributed by atoms with E-state index in [1.807, 2.05) is 0 Å². The summed E-state index contributed by atoms with van der Waals surface area (Å²) in [6, 6.07) is 7.37. The third-order valence-electron chi connectivity index (χ3n) is 4.35. The van der Waals surface area contributed by atoms with E-state index in [1.54, 1.807) is 0 Å². The molecule has 0 amide bonds. The largest absolute Gasteiger partial charge is 0.394 e. The Balaban J connectivity index is 2.04. The Bertz CT molecular complexity index is 866. The van der Waals surface area contributed by atoms with Crippen LogP contribution in [0.4, 0.5) is 8.78 Å². The summed E-state index contributed by atoms with van der Waals surface area (Å²) in [6.07, 6.45) is 1.75. The highest BCUT2D eigenvalue weighted by Crippen LogP contribution is 2.36. The van der Waals surface area contributed by atoms with E-state index in [-0.39, 0.29) is 22.9 Å². The Labute approximate surface area is 156 Å². The van der Waals surface area contributed by atoms with Gasteiger partial charge in [-0.3, -0.25) is 0 Å². The average Bonchev–Trinajstić information content (AvgIpc) is 3.38. The number of benzene rings is 2. The number of aliphatic hydroxyl groups is 1. The maximum Gasteiger partial charge on any atom is 0.243 e. The number of halogens is 3. The van der Waals surface area contributed by atoms with E-state index >= 15 is 0 Å². The maximum atomic E-state index is 13.6. The summed E-state index contributed by atoms with van der Waals surface area (Å²) in [5.74, 6) is -1.48. The van der Waals surface area contributed by atoms with Gasteiger partial charge in [-0.2, -0.15) is 4.31 Å². The van der Waals surface area contributed by atoms with E-state index in [1.165, 1.54) is 24.3 Å². The van der Waals surface area contributed by atoms with Crippen molar-refractivity contribution in [2.24, 2.45) is 5.92 Å². The molecule has 1 N–H and O–H groups in total. The monoisotopic (exact) mass is 401 g/mol. The summed E-state index contributed by atoms with van der Waals surface area (Å²) < 4.78 is 54.6. The summed E-state index contributed by atoms with van der Waals surface area (Å²) in [6.45, 7) is -0.420. The fourth-order valence-corrected chi connectivity index (χ4v) is 4.63. The van der Waals surface area contributed by atoms with E-state index in [9.17, 15) is 22.3 Å². The zero-order valence-electron chi connectivity index (χ0n) is 13.8. The van der Waals surface area contributed by atoms with Gasteiger partial charge in [0.2, 0.25) is 10.0 Å². The summed E-state index contributed by atoms with van der Waals surface area (Å²) in [7, 11) is -3.99. The number of hydrogen-bond acceptors (Lipinski definition) is 3. The molecule has 140 valence electrons. The van der Waals surface area contributed by atoms with Crippen molar-refractivity contribution in [3.05, 3.63) is 64.7 Å². The Morgan fingerprint density at radius 3 is 2.19 bits per heavy atom. The Morgan fingerprint density at radius 2 is 1.69 bits per heavy atom. The molecule has 1 fully saturated rings. The molecule has 0 bridgehead atoms. The molecule has 2 aromatic rings. The number of sulfonamides is 1. The van der Waals surface area contributed by atoms with Crippen molar-refractivity contribution in [1.82, 2.24) is 4.31 Å². The van der Waals surface area contributed by atoms with Crippen molar-refractivity contribution >= 4 is 21.6 Å². The van der Waals surface area contributed by atoms with Gasteiger partial charge >= 0.3 is 0 Å². The minimum absolute atomic E-state index is 0.0119. The van der Waals surface area contributed by atoms with Crippen LogP contribution in [0.15, 0.2) is 47.4 Å². The molecule has 0 spiro atoms. The summed E-state index contributed by atoms with van der Waals surface area (Å²) in [5.41, 5.74) is 0.0724. The van der Waals surface area contributed by atoms with Gasteiger partial charge < -0.3 is 5.11 Å². The van der Waals surface area contributed by atoms with Crippen LogP contribution in [0.3, 0.4) is 0 Å². The van der Waals surface area contributed by atoms with E-state index in [0.717, 1.165) is 29.3 Å². The van der Waals surface area contributed by atoms with E-state index in [2.05, 4.69) is 0 Å². The molecule has 0 aromatic heterocycles. The predicted molar refractivity (Wildman–Crippen MR) is 94.3 cm³/mol. The topological polar surface area (TPSA) is 57.6 Å². The van der Waals surface area contributed by atoms with E-state index in [4.69, 9.17) is 11.6 Å². The molecule has 1 saturated carbocycles. The molecular formula is C18H18ClF2NO3S. The van der Waals surface area contributed by atoms with Crippen LogP contribution >= 0.6 is 11.6 Å². The van der Waals surface area contributed by atoms with Crippen molar-refractivity contribution in [2.45, 2.75) is 23.8 Å². The number of nitrogens with zero attached hydrogens (tertiary/aromatic N) is 1. The average molecular weight is 402 g/mol. The quantitative estimate of drug-likeness (QED) is 0.768. The number of aliphatic hydroxyl groups excluding tert-OH is 1. The Morgan fingerprint density at radius 1 is 1.12 bits per heavy atom. The van der Waals surface area contributed by atoms with Crippen LogP contribution in [0.5, 0.6) is 0 Å². The predicted octanol–water partition coefficient (Wildman–Crippen LogP) is 3.75. The van der Waals surface area contributed by atoms with E-state index < -0.39 is 34.3 Å². The van der Waals surface area contributed by atoms with Crippen LogP contribution in [-0.2, 0) is 10.0 Å². The standard InChI is InChI=1S/C18H18ClF2NO3S/c19-14-3-5-17(6-4-14)26(24,25)22(10-12-1-2-12)18(11-23)13-7-15(20)9-16(21)8-13/h3-9,12,18,23H,1-2,10-11H2/t18-/m0/s1. The smallest absolute Gasteiger partial charge is 0.243 e. The van der Waals surface area contributed by atoms with Crippen LogP contribution in [0.25, 0.3) is 0 Å². The fourth-order valence-electron chi connectivity index (χ4n) is 2.82. The number of rotatable bonds is 7. The lowest BCUT2D eigenvalue weighted by Gasteiger charge is -2.30. The molecule has 1 aliphatic carbocycles. The molecule has 0 aliphatic heterocycles. The molecule has 0 heterocycles. The first kappa shape index (κ1) is 19.2. The van der Waals surface area contributed by atoms with Gasteiger partial charge in [-0.05, 0) is 60.7 Å². The van der Waals surface area contributed by atoms with E-state index in [0.29, 0.717) is 11.1 Å². The molecule has 0 saturated heterocycles. The second-order valence-electron chi connectivity index (χ2n) is 6.37. The van der Waals surface area contributed by atoms with Crippen LogP contribution in [0.1, 0.15) is 24.4 Å². The van der Waals surface area contributed by atoms with Crippen molar-refractivity contribution < 1.29 is 22.3 Å². The third-order valence-corrected chi connectivity index (χ3v) is 6.49. The summed E-state index contributed by atoms with van der Waals surface area (Å²) >= 11 is 5.82. The third kappa shape index (κ3) is 4.23. The Hall–Kier alpha value is -1.54. The molecule has 4 nitrogen and oxygen atoms in total. The highest BCUT2D eigenvalue weighted by molar-refractivity contribution is 7.89. The molecule has 3 rings (SSSR count). The molecule has 26 heavy (non-hydrogen) atoms. The lowest BCUT2D eigenvalue weighted by Crippen LogP contribution is -2.38. The highest BCUT2D eigenvalue weighted by Gasteiger charge is 2.37. The second kappa shape index (κ2) is 7.60. The van der Waals surface area contributed by atoms with Gasteiger partial charge in [-0.25, -0.2) is 17.2 Å². The van der Waals surface area contributed by atoms with Gasteiger partial charge in [0.15, 0.2) is 0 Å². The van der Waals surface area contributed by atoms with Gasteiger partial charge in [0.25, 0.3) is 0 Å². The van der Waals surface area contributed by atoms with Gasteiger partial charge in [0.1, 0.15) is 11.6 Å². The van der Waals surface area contributed by atoms with Crippen LogP contribution < -0.4 is 0 Å². The molecule has 2 aromatic carbocycles.